The van der Waals surface area contributed by atoms with Gasteiger partial charge < -0.3 is 5.32 Å². The van der Waals surface area contributed by atoms with Crippen LogP contribution in [0.2, 0.25) is 10.0 Å². The van der Waals surface area contributed by atoms with Crippen molar-refractivity contribution in [3.05, 3.63) is 94.0 Å². The van der Waals surface area contributed by atoms with E-state index in [1.807, 2.05) is 48.5 Å². The fourth-order valence-electron chi connectivity index (χ4n) is 3.07. The van der Waals surface area contributed by atoms with Crippen molar-refractivity contribution in [1.29, 1.82) is 0 Å². The molecular formula is C21H14Cl2N2O. The Morgan fingerprint density at radius 1 is 0.885 bits per heavy atom. The highest BCUT2D eigenvalue weighted by molar-refractivity contribution is 6.32. The third-order valence-electron chi connectivity index (χ3n) is 4.27. The first-order chi connectivity index (χ1) is 12.6. The number of anilines is 1. The number of aliphatic imine (C=N–C) groups is 1. The monoisotopic (exact) mass is 380 g/mol. The van der Waals surface area contributed by atoms with Crippen LogP contribution in [-0.2, 0) is 4.79 Å². The lowest BCUT2D eigenvalue weighted by atomic mass is 9.90. The van der Waals surface area contributed by atoms with Gasteiger partial charge in [-0.25, -0.2) is 0 Å². The Morgan fingerprint density at radius 3 is 2.31 bits per heavy atom. The molecule has 1 atom stereocenters. The molecular weight excluding hydrogens is 367 g/mol. The molecule has 1 aliphatic heterocycles. The van der Waals surface area contributed by atoms with E-state index in [-0.39, 0.29) is 5.91 Å². The summed E-state index contributed by atoms with van der Waals surface area (Å²) in [5.41, 5.74) is 3.92. The molecule has 0 saturated heterocycles. The average Bonchev–Trinajstić information content (AvgIpc) is 2.97. The standard InChI is InChI=1S/C21H14Cl2N2O/c22-14-6-9-16(10-7-14)24-20(13-4-2-1-3-5-13)19-17-11-8-15(23)12-18(17)25-21(19)26/h1-12,19H,(H,25,26). The SMILES string of the molecule is O=C1Nc2cc(Cl)ccc2C1C(=Nc1ccc(Cl)cc1)c1ccccc1. The number of carbonyl (C=O) groups is 1. The molecule has 0 radical (unpaired) electrons. The first kappa shape index (κ1) is 16.8. The Kier molecular flexibility index (Phi) is 4.49. The maximum Gasteiger partial charge on any atom is 0.238 e. The number of benzene rings is 3. The lowest BCUT2D eigenvalue weighted by molar-refractivity contribution is -0.115. The van der Waals surface area contributed by atoms with Crippen LogP contribution in [0.15, 0.2) is 77.8 Å². The number of fused-ring (bicyclic) bond motifs is 1. The van der Waals surface area contributed by atoms with Crippen LogP contribution in [0, 0.1) is 0 Å². The molecule has 3 nitrogen and oxygen atoms in total. The van der Waals surface area contributed by atoms with Crippen molar-refractivity contribution in [2.45, 2.75) is 5.92 Å². The maximum absolute atomic E-state index is 12.7. The maximum atomic E-state index is 12.7. The molecule has 128 valence electrons. The summed E-state index contributed by atoms with van der Waals surface area (Å²) in [6.07, 6.45) is 0. The quantitative estimate of drug-likeness (QED) is 0.568. The Balaban J connectivity index is 1.87. The zero-order chi connectivity index (χ0) is 18.1. The van der Waals surface area contributed by atoms with Crippen LogP contribution in [0.25, 0.3) is 0 Å². The molecule has 1 N–H and O–H groups in total. The highest BCUT2D eigenvalue weighted by Crippen LogP contribution is 2.37. The molecule has 3 aromatic rings. The van der Waals surface area contributed by atoms with Crippen molar-refractivity contribution in [3.63, 3.8) is 0 Å². The highest BCUT2D eigenvalue weighted by Gasteiger charge is 2.35. The smallest absolute Gasteiger partial charge is 0.238 e. The van der Waals surface area contributed by atoms with Gasteiger partial charge >= 0.3 is 0 Å². The van der Waals surface area contributed by atoms with Gasteiger partial charge in [0.25, 0.3) is 0 Å². The van der Waals surface area contributed by atoms with Crippen LogP contribution >= 0.6 is 23.2 Å². The molecule has 1 heterocycles. The van der Waals surface area contributed by atoms with Gasteiger partial charge in [0.2, 0.25) is 5.91 Å². The lowest BCUT2D eigenvalue weighted by Crippen LogP contribution is -2.21. The van der Waals surface area contributed by atoms with Gasteiger partial charge in [-0.15, -0.1) is 0 Å². The highest BCUT2D eigenvalue weighted by atomic mass is 35.5. The van der Waals surface area contributed by atoms with Gasteiger partial charge in [0, 0.05) is 15.7 Å². The van der Waals surface area contributed by atoms with E-state index in [0.29, 0.717) is 15.8 Å². The van der Waals surface area contributed by atoms with Crippen molar-refractivity contribution >= 4 is 46.2 Å². The number of hydrogen-bond acceptors (Lipinski definition) is 2. The minimum absolute atomic E-state index is 0.112. The molecule has 1 unspecified atom stereocenters. The van der Waals surface area contributed by atoms with Crippen LogP contribution in [0.1, 0.15) is 17.0 Å². The van der Waals surface area contributed by atoms with Crippen molar-refractivity contribution < 1.29 is 4.79 Å². The van der Waals surface area contributed by atoms with Crippen LogP contribution in [0.4, 0.5) is 11.4 Å². The first-order valence-electron chi connectivity index (χ1n) is 8.12. The summed E-state index contributed by atoms with van der Waals surface area (Å²) in [5.74, 6) is -0.612. The summed E-state index contributed by atoms with van der Waals surface area (Å²) < 4.78 is 0. The van der Waals surface area contributed by atoms with Crippen LogP contribution in [0.5, 0.6) is 0 Å². The Bertz CT molecular complexity index is 998. The van der Waals surface area contributed by atoms with E-state index in [2.05, 4.69) is 5.32 Å². The molecule has 5 heteroatoms. The summed E-state index contributed by atoms with van der Waals surface area (Å²) in [7, 11) is 0. The Labute approximate surface area is 161 Å². The van der Waals surface area contributed by atoms with Gasteiger partial charge in [-0.2, -0.15) is 0 Å². The second-order valence-electron chi connectivity index (χ2n) is 5.99. The van der Waals surface area contributed by atoms with Gasteiger partial charge in [-0.1, -0.05) is 59.6 Å². The molecule has 0 aromatic heterocycles. The molecule has 26 heavy (non-hydrogen) atoms. The number of rotatable bonds is 3. The minimum atomic E-state index is -0.500. The van der Waals surface area contributed by atoms with E-state index in [9.17, 15) is 4.79 Å². The molecule has 0 spiro atoms. The zero-order valence-electron chi connectivity index (χ0n) is 13.6. The van der Waals surface area contributed by atoms with E-state index in [1.54, 1.807) is 24.3 Å². The number of halogens is 2. The predicted molar refractivity (Wildman–Crippen MR) is 107 cm³/mol. The van der Waals surface area contributed by atoms with Gasteiger partial charge in [0.1, 0.15) is 5.92 Å². The molecule has 4 rings (SSSR count). The van der Waals surface area contributed by atoms with E-state index < -0.39 is 5.92 Å². The largest absolute Gasteiger partial charge is 0.325 e. The van der Waals surface area contributed by atoms with Gasteiger partial charge in [-0.05, 0) is 47.5 Å². The predicted octanol–water partition coefficient (Wildman–Crippen LogP) is 5.85. The van der Waals surface area contributed by atoms with Crippen molar-refractivity contribution in [1.82, 2.24) is 0 Å². The average molecular weight is 381 g/mol. The molecule has 3 aromatic carbocycles. The van der Waals surface area contributed by atoms with Crippen molar-refractivity contribution in [3.8, 4) is 0 Å². The summed E-state index contributed by atoms with van der Waals surface area (Å²) >= 11 is 12.0. The number of carbonyl (C=O) groups excluding carboxylic acids is 1. The van der Waals surface area contributed by atoms with Crippen molar-refractivity contribution in [2.75, 3.05) is 5.32 Å². The van der Waals surface area contributed by atoms with E-state index >= 15 is 0 Å². The first-order valence-corrected chi connectivity index (χ1v) is 8.87. The summed E-state index contributed by atoms with van der Waals surface area (Å²) in [4.78, 5) is 17.5. The third kappa shape index (κ3) is 3.24. The van der Waals surface area contributed by atoms with Crippen molar-refractivity contribution in [2.24, 2.45) is 4.99 Å². The third-order valence-corrected chi connectivity index (χ3v) is 4.75. The molecule has 0 bridgehead atoms. The molecule has 1 aliphatic rings. The number of nitrogens with zero attached hydrogens (tertiary/aromatic N) is 1. The van der Waals surface area contributed by atoms with E-state index in [4.69, 9.17) is 28.2 Å². The van der Waals surface area contributed by atoms with Crippen LogP contribution in [-0.4, -0.2) is 11.6 Å². The second kappa shape index (κ2) is 6.94. The lowest BCUT2D eigenvalue weighted by Gasteiger charge is -2.14. The Morgan fingerprint density at radius 2 is 1.58 bits per heavy atom. The summed E-state index contributed by atoms with van der Waals surface area (Å²) in [6, 6.07) is 22.4. The van der Waals surface area contributed by atoms with Crippen LogP contribution in [0.3, 0.4) is 0 Å². The fourth-order valence-corrected chi connectivity index (χ4v) is 3.36. The topological polar surface area (TPSA) is 41.5 Å². The second-order valence-corrected chi connectivity index (χ2v) is 6.87. The number of hydrogen-bond donors (Lipinski definition) is 1. The van der Waals surface area contributed by atoms with E-state index in [0.717, 1.165) is 22.5 Å². The van der Waals surface area contributed by atoms with Crippen LogP contribution < -0.4 is 5.32 Å². The summed E-state index contributed by atoms with van der Waals surface area (Å²) in [5, 5.41) is 4.13. The normalized spacial score (nSPS) is 16.3. The van der Waals surface area contributed by atoms with E-state index in [1.165, 1.54) is 0 Å². The number of nitrogens with one attached hydrogen (secondary N) is 1. The fraction of sp³-hybridized carbons (Fsp3) is 0.0476. The molecule has 0 aliphatic carbocycles. The van der Waals surface area contributed by atoms with Gasteiger partial charge in [-0.3, -0.25) is 9.79 Å². The molecule has 0 saturated carbocycles. The zero-order valence-corrected chi connectivity index (χ0v) is 15.1. The van der Waals surface area contributed by atoms with Gasteiger partial charge in [0.05, 0.1) is 11.4 Å². The molecule has 0 fully saturated rings. The summed E-state index contributed by atoms with van der Waals surface area (Å²) in [6.45, 7) is 0. The Hall–Kier alpha value is -2.62. The molecule has 1 amide bonds. The number of amides is 1. The minimum Gasteiger partial charge on any atom is -0.325 e. The van der Waals surface area contributed by atoms with Gasteiger partial charge in [0.15, 0.2) is 0 Å².